The number of carboxylic acids is 1. The Morgan fingerprint density at radius 1 is 1.32 bits per heavy atom. The lowest BCUT2D eigenvalue weighted by molar-refractivity contribution is -0.134. The largest absolute Gasteiger partial charge is 0.480 e. The molecular formula is C11H20N2O5S. The summed E-state index contributed by atoms with van der Waals surface area (Å²) in [6.07, 6.45) is 1.02. The molecule has 0 spiro atoms. The molecule has 1 fully saturated rings. The summed E-state index contributed by atoms with van der Waals surface area (Å²) in [5.74, 6) is -2.38. The summed E-state index contributed by atoms with van der Waals surface area (Å²) in [6, 6.07) is -0.0359. The normalized spacial score (nSPS) is 18.5. The molecule has 8 heteroatoms. The number of nitrogens with one attached hydrogen (secondary N) is 1. The summed E-state index contributed by atoms with van der Waals surface area (Å²) in [6.45, 7) is 4.08. The molecule has 0 unspecified atom stereocenters. The fourth-order valence-corrected chi connectivity index (χ4v) is 3.16. The molecule has 7 nitrogen and oxygen atoms in total. The van der Waals surface area contributed by atoms with Crippen molar-refractivity contribution >= 4 is 21.9 Å². The van der Waals surface area contributed by atoms with Crippen LogP contribution in [0.25, 0.3) is 0 Å². The number of hydrogen-bond acceptors (Lipinski definition) is 4. The molecule has 0 aromatic heterocycles. The van der Waals surface area contributed by atoms with Crippen LogP contribution < -0.4 is 5.32 Å². The second-order valence-corrected chi connectivity index (χ2v) is 6.96. The maximum atomic E-state index is 11.7. The number of aliphatic carboxylic acids is 1. The van der Waals surface area contributed by atoms with Crippen LogP contribution in [0.1, 0.15) is 26.7 Å². The van der Waals surface area contributed by atoms with Crippen LogP contribution in [0.2, 0.25) is 0 Å². The number of sulfonamides is 1. The summed E-state index contributed by atoms with van der Waals surface area (Å²) >= 11 is 0. The lowest BCUT2D eigenvalue weighted by Gasteiger charge is -2.31. The molecule has 1 rings (SSSR count). The van der Waals surface area contributed by atoms with Gasteiger partial charge < -0.3 is 10.4 Å². The molecule has 110 valence electrons. The average molecular weight is 292 g/mol. The molecule has 1 amide bonds. The number of rotatable bonds is 5. The number of carbonyl (C=O) groups is 2. The lowest BCUT2D eigenvalue weighted by atomic mass is 10.1. The Bertz CT molecular complexity index is 438. The Kier molecular flexibility index (Phi) is 5.30. The molecule has 1 aliphatic heterocycles. The van der Waals surface area contributed by atoms with E-state index in [1.165, 1.54) is 4.31 Å². The monoisotopic (exact) mass is 292 g/mol. The van der Waals surface area contributed by atoms with Crippen molar-refractivity contribution in [3.05, 3.63) is 0 Å². The maximum Gasteiger partial charge on any atom is 0.320 e. The first-order chi connectivity index (χ1) is 8.72. The van der Waals surface area contributed by atoms with Crippen LogP contribution in [0.4, 0.5) is 0 Å². The van der Waals surface area contributed by atoms with Gasteiger partial charge >= 0.3 is 5.97 Å². The van der Waals surface area contributed by atoms with E-state index in [-0.39, 0.29) is 31.0 Å². The van der Waals surface area contributed by atoms with Crippen LogP contribution in [0.3, 0.4) is 0 Å². The Balaban J connectivity index is 2.49. The number of piperidine rings is 1. The van der Waals surface area contributed by atoms with Crippen LogP contribution in [0.15, 0.2) is 0 Å². The minimum Gasteiger partial charge on any atom is -0.480 e. The lowest BCUT2D eigenvalue weighted by Crippen LogP contribution is -2.48. The van der Waals surface area contributed by atoms with Crippen LogP contribution in [-0.2, 0) is 19.6 Å². The molecule has 0 atom stereocenters. The highest BCUT2D eigenvalue weighted by molar-refractivity contribution is 7.89. The van der Waals surface area contributed by atoms with E-state index in [4.69, 9.17) is 5.11 Å². The summed E-state index contributed by atoms with van der Waals surface area (Å²) < 4.78 is 24.6. The number of carbonyl (C=O) groups excluding carboxylic acids is 1. The van der Waals surface area contributed by atoms with E-state index in [2.05, 4.69) is 5.32 Å². The first-order valence-corrected chi connectivity index (χ1v) is 7.83. The number of nitrogens with zero attached hydrogens (tertiary/aromatic N) is 1. The molecule has 0 radical (unpaired) electrons. The highest BCUT2D eigenvalue weighted by atomic mass is 32.2. The Hall–Kier alpha value is -1.15. The molecule has 1 saturated heterocycles. The Labute approximate surface area is 113 Å². The molecule has 1 aliphatic rings. The topological polar surface area (TPSA) is 104 Å². The predicted molar refractivity (Wildman–Crippen MR) is 69.0 cm³/mol. The van der Waals surface area contributed by atoms with Crippen molar-refractivity contribution in [3.63, 3.8) is 0 Å². The smallest absolute Gasteiger partial charge is 0.320 e. The second-order valence-electron chi connectivity index (χ2n) is 4.99. The van der Waals surface area contributed by atoms with E-state index in [1.807, 2.05) is 0 Å². The van der Waals surface area contributed by atoms with Gasteiger partial charge in [-0.05, 0) is 12.8 Å². The van der Waals surface area contributed by atoms with Gasteiger partial charge in [0.15, 0.2) is 5.75 Å². The number of amides is 1. The van der Waals surface area contributed by atoms with Crippen LogP contribution in [0, 0.1) is 5.92 Å². The zero-order valence-electron chi connectivity index (χ0n) is 11.1. The van der Waals surface area contributed by atoms with Gasteiger partial charge in [-0.1, -0.05) is 13.8 Å². The van der Waals surface area contributed by atoms with Crippen LogP contribution in [-0.4, -0.2) is 54.6 Å². The predicted octanol–water partition coefficient (Wildman–Crippen LogP) is -0.363. The van der Waals surface area contributed by atoms with Crippen molar-refractivity contribution in [2.45, 2.75) is 32.7 Å². The molecule has 0 aromatic rings. The van der Waals surface area contributed by atoms with Gasteiger partial charge in [-0.2, -0.15) is 0 Å². The minimum atomic E-state index is -3.73. The minimum absolute atomic E-state index is 0.0359. The maximum absolute atomic E-state index is 11.7. The molecule has 1 heterocycles. The zero-order chi connectivity index (χ0) is 14.6. The molecule has 0 aliphatic carbocycles. The molecule has 0 saturated carbocycles. The van der Waals surface area contributed by atoms with Crippen molar-refractivity contribution in [2.75, 3.05) is 18.8 Å². The quantitative estimate of drug-likeness (QED) is 0.720. The van der Waals surface area contributed by atoms with Gasteiger partial charge in [0.2, 0.25) is 15.9 Å². The van der Waals surface area contributed by atoms with Gasteiger partial charge in [-0.3, -0.25) is 9.59 Å². The highest BCUT2D eigenvalue weighted by Crippen LogP contribution is 2.15. The summed E-state index contributed by atoms with van der Waals surface area (Å²) in [5.41, 5.74) is 0. The van der Waals surface area contributed by atoms with Gasteiger partial charge in [0.1, 0.15) is 0 Å². The molecular weight excluding hydrogens is 272 g/mol. The van der Waals surface area contributed by atoms with Gasteiger partial charge in [0.05, 0.1) is 0 Å². The van der Waals surface area contributed by atoms with Gasteiger partial charge in [-0.25, -0.2) is 12.7 Å². The second kappa shape index (κ2) is 6.33. The average Bonchev–Trinajstić information content (AvgIpc) is 2.27. The third-order valence-corrected chi connectivity index (χ3v) is 4.79. The van der Waals surface area contributed by atoms with Crippen molar-refractivity contribution in [1.29, 1.82) is 0 Å². The summed E-state index contributed by atoms with van der Waals surface area (Å²) in [5, 5.41) is 11.4. The zero-order valence-corrected chi connectivity index (χ0v) is 11.9. The van der Waals surface area contributed by atoms with Crippen LogP contribution >= 0.6 is 0 Å². The fraction of sp³-hybridized carbons (Fsp3) is 0.818. The van der Waals surface area contributed by atoms with Gasteiger partial charge in [-0.15, -0.1) is 0 Å². The van der Waals surface area contributed by atoms with Crippen molar-refractivity contribution < 1.29 is 23.1 Å². The number of carboxylic acid groups (broad SMARTS) is 1. The van der Waals surface area contributed by atoms with E-state index < -0.39 is 21.7 Å². The van der Waals surface area contributed by atoms with E-state index in [1.54, 1.807) is 13.8 Å². The molecule has 0 bridgehead atoms. The summed E-state index contributed by atoms with van der Waals surface area (Å²) in [4.78, 5) is 22.0. The molecule has 0 aromatic carbocycles. The first kappa shape index (κ1) is 15.9. The third-order valence-electron chi connectivity index (χ3n) is 3.02. The standard InChI is InChI=1S/C11H20N2O5S/c1-8(2)11(16)12-9-3-5-13(6-4-9)19(17,18)7-10(14)15/h8-9H,3-7H2,1-2H3,(H,12,16)(H,14,15). The summed E-state index contributed by atoms with van der Waals surface area (Å²) in [7, 11) is -3.73. The highest BCUT2D eigenvalue weighted by Gasteiger charge is 2.30. The van der Waals surface area contributed by atoms with E-state index >= 15 is 0 Å². The molecule has 2 N–H and O–H groups in total. The van der Waals surface area contributed by atoms with Gasteiger partial charge in [0.25, 0.3) is 0 Å². The van der Waals surface area contributed by atoms with Crippen LogP contribution in [0.5, 0.6) is 0 Å². The first-order valence-electron chi connectivity index (χ1n) is 6.22. The Morgan fingerprint density at radius 3 is 2.26 bits per heavy atom. The van der Waals surface area contributed by atoms with Crippen molar-refractivity contribution in [2.24, 2.45) is 5.92 Å². The van der Waals surface area contributed by atoms with E-state index in [0.29, 0.717) is 12.8 Å². The van der Waals surface area contributed by atoms with Crippen molar-refractivity contribution in [1.82, 2.24) is 9.62 Å². The van der Waals surface area contributed by atoms with Gasteiger partial charge in [0, 0.05) is 25.0 Å². The fourth-order valence-electron chi connectivity index (χ4n) is 1.89. The van der Waals surface area contributed by atoms with E-state index in [9.17, 15) is 18.0 Å². The number of hydrogen-bond donors (Lipinski definition) is 2. The molecule has 19 heavy (non-hydrogen) atoms. The Morgan fingerprint density at radius 2 is 1.84 bits per heavy atom. The SMILES string of the molecule is CC(C)C(=O)NC1CCN(S(=O)(=O)CC(=O)O)CC1. The van der Waals surface area contributed by atoms with E-state index in [0.717, 1.165) is 0 Å². The van der Waals surface area contributed by atoms with Crippen molar-refractivity contribution in [3.8, 4) is 0 Å². The third kappa shape index (κ3) is 4.79.